The van der Waals surface area contributed by atoms with Gasteiger partial charge in [0.15, 0.2) is 0 Å². The van der Waals surface area contributed by atoms with E-state index in [-0.39, 0.29) is 0 Å². The van der Waals surface area contributed by atoms with Crippen LogP contribution in [0.25, 0.3) is 0 Å². The van der Waals surface area contributed by atoms with Crippen molar-refractivity contribution >= 4 is 5.95 Å². The van der Waals surface area contributed by atoms with Crippen LogP contribution in [0.4, 0.5) is 5.95 Å². The first-order valence-corrected chi connectivity index (χ1v) is 6.46. The van der Waals surface area contributed by atoms with Crippen molar-refractivity contribution in [1.82, 2.24) is 14.5 Å². The first kappa shape index (κ1) is 12.6. The van der Waals surface area contributed by atoms with E-state index in [4.69, 9.17) is 0 Å². The summed E-state index contributed by atoms with van der Waals surface area (Å²) in [5.41, 5.74) is 2.22. The number of nitrogens with zero attached hydrogens (tertiary/aromatic N) is 3. The highest BCUT2D eigenvalue weighted by Crippen LogP contribution is 2.08. The highest BCUT2D eigenvalue weighted by Gasteiger charge is 2.01. The van der Waals surface area contributed by atoms with Crippen molar-refractivity contribution in [3.8, 4) is 0 Å². The molecule has 0 saturated heterocycles. The number of pyridine rings is 1. The Morgan fingerprint density at radius 1 is 1.28 bits per heavy atom. The zero-order chi connectivity index (χ0) is 12.8. The van der Waals surface area contributed by atoms with Crippen LogP contribution in [0.15, 0.2) is 30.7 Å². The minimum absolute atomic E-state index is 0.760. The molecule has 1 N–H and O–H groups in total. The van der Waals surface area contributed by atoms with Gasteiger partial charge in [-0.15, -0.1) is 0 Å². The van der Waals surface area contributed by atoms with Gasteiger partial charge in [0.25, 0.3) is 0 Å². The van der Waals surface area contributed by atoms with Crippen LogP contribution >= 0.6 is 0 Å². The van der Waals surface area contributed by atoms with E-state index in [0.29, 0.717) is 0 Å². The van der Waals surface area contributed by atoms with E-state index in [2.05, 4.69) is 32.8 Å². The minimum Gasteiger partial charge on any atom is -0.352 e. The van der Waals surface area contributed by atoms with Gasteiger partial charge in [-0.05, 0) is 25.0 Å². The second kappa shape index (κ2) is 6.19. The van der Waals surface area contributed by atoms with Gasteiger partial charge in [0.2, 0.25) is 5.95 Å². The summed E-state index contributed by atoms with van der Waals surface area (Å²) in [7, 11) is 0. The van der Waals surface area contributed by atoms with Crippen LogP contribution in [-0.4, -0.2) is 14.5 Å². The van der Waals surface area contributed by atoms with Crippen molar-refractivity contribution in [2.75, 3.05) is 5.32 Å². The van der Waals surface area contributed by atoms with E-state index in [1.807, 2.05) is 31.6 Å². The molecule has 4 nitrogen and oxygen atoms in total. The molecule has 0 aliphatic carbocycles. The summed E-state index contributed by atoms with van der Waals surface area (Å²) >= 11 is 0. The molecule has 0 saturated carbocycles. The van der Waals surface area contributed by atoms with Crippen molar-refractivity contribution in [1.29, 1.82) is 0 Å². The molecular weight excluding hydrogens is 224 g/mol. The normalized spacial score (nSPS) is 10.6. The molecule has 2 heterocycles. The van der Waals surface area contributed by atoms with E-state index in [1.165, 1.54) is 18.4 Å². The summed E-state index contributed by atoms with van der Waals surface area (Å²) < 4.78 is 2.16. The van der Waals surface area contributed by atoms with Gasteiger partial charge in [0.1, 0.15) is 0 Å². The van der Waals surface area contributed by atoms with Crippen LogP contribution in [0.2, 0.25) is 0 Å². The van der Waals surface area contributed by atoms with Gasteiger partial charge in [0.05, 0.1) is 0 Å². The highest BCUT2D eigenvalue weighted by atomic mass is 15.2. The molecule has 0 unspecified atom stereocenters. The molecule has 0 bridgehead atoms. The predicted molar refractivity (Wildman–Crippen MR) is 73.4 cm³/mol. The number of anilines is 1. The Bertz CT molecular complexity index is 473. The molecular formula is C14H20N4. The Kier molecular flexibility index (Phi) is 4.34. The first-order chi connectivity index (χ1) is 8.79. The van der Waals surface area contributed by atoms with Gasteiger partial charge in [-0.25, -0.2) is 4.98 Å². The van der Waals surface area contributed by atoms with Crippen LogP contribution < -0.4 is 5.32 Å². The molecule has 96 valence electrons. The average molecular weight is 244 g/mol. The standard InChI is InChI=1S/C14H20N4/c1-3-4-8-18-9-7-15-14(18)17-11-13-6-5-12(2)16-10-13/h5-7,9-10H,3-4,8,11H2,1-2H3,(H,15,17). The smallest absolute Gasteiger partial charge is 0.203 e. The Hall–Kier alpha value is -1.84. The molecule has 18 heavy (non-hydrogen) atoms. The molecule has 2 rings (SSSR count). The third-order valence-electron chi connectivity index (χ3n) is 2.89. The van der Waals surface area contributed by atoms with Gasteiger partial charge >= 0.3 is 0 Å². The highest BCUT2D eigenvalue weighted by molar-refractivity contribution is 5.28. The second-order valence-electron chi connectivity index (χ2n) is 4.46. The molecule has 2 aromatic rings. The lowest BCUT2D eigenvalue weighted by molar-refractivity contribution is 0.635. The van der Waals surface area contributed by atoms with E-state index in [9.17, 15) is 0 Å². The molecule has 0 spiro atoms. The number of aryl methyl sites for hydroxylation is 2. The predicted octanol–water partition coefficient (Wildman–Crippen LogP) is 3.00. The lowest BCUT2D eigenvalue weighted by Gasteiger charge is -2.09. The Morgan fingerprint density at radius 2 is 2.17 bits per heavy atom. The monoisotopic (exact) mass is 244 g/mol. The Balaban J connectivity index is 1.93. The molecule has 0 aliphatic heterocycles. The largest absolute Gasteiger partial charge is 0.352 e. The third-order valence-corrected chi connectivity index (χ3v) is 2.89. The van der Waals surface area contributed by atoms with E-state index < -0.39 is 0 Å². The average Bonchev–Trinajstić information content (AvgIpc) is 2.83. The summed E-state index contributed by atoms with van der Waals surface area (Å²) in [5.74, 6) is 0.934. The van der Waals surface area contributed by atoms with Crippen molar-refractivity contribution < 1.29 is 0 Å². The molecule has 0 fully saturated rings. The molecule has 0 aliphatic rings. The van der Waals surface area contributed by atoms with Crippen LogP contribution in [0.5, 0.6) is 0 Å². The number of hydrogen-bond acceptors (Lipinski definition) is 3. The first-order valence-electron chi connectivity index (χ1n) is 6.46. The zero-order valence-corrected chi connectivity index (χ0v) is 11.1. The van der Waals surface area contributed by atoms with E-state index in [1.54, 1.807) is 0 Å². The van der Waals surface area contributed by atoms with Gasteiger partial charge in [-0.1, -0.05) is 19.4 Å². The van der Waals surface area contributed by atoms with Crippen molar-refractivity contribution in [2.45, 2.75) is 39.8 Å². The fourth-order valence-corrected chi connectivity index (χ4v) is 1.77. The SMILES string of the molecule is CCCCn1ccnc1NCc1ccc(C)nc1. The van der Waals surface area contributed by atoms with Crippen molar-refractivity contribution in [3.05, 3.63) is 42.0 Å². The van der Waals surface area contributed by atoms with E-state index >= 15 is 0 Å². The maximum absolute atomic E-state index is 4.33. The Labute approximate surface area is 108 Å². The third kappa shape index (κ3) is 3.32. The van der Waals surface area contributed by atoms with Gasteiger partial charge in [-0.3, -0.25) is 4.98 Å². The fourth-order valence-electron chi connectivity index (χ4n) is 1.77. The van der Waals surface area contributed by atoms with Crippen LogP contribution in [-0.2, 0) is 13.1 Å². The molecule has 0 atom stereocenters. The maximum Gasteiger partial charge on any atom is 0.203 e. The number of aromatic nitrogens is 3. The lowest BCUT2D eigenvalue weighted by atomic mass is 10.2. The zero-order valence-electron chi connectivity index (χ0n) is 11.1. The molecule has 2 aromatic heterocycles. The summed E-state index contributed by atoms with van der Waals surface area (Å²) in [6, 6.07) is 4.12. The van der Waals surface area contributed by atoms with Crippen molar-refractivity contribution in [3.63, 3.8) is 0 Å². The van der Waals surface area contributed by atoms with Crippen LogP contribution in [0, 0.1) is 6.92 Å². The second-order valence-corrected chi connectivity index (χ2v) is 4.46. The Morgan fingerprint density at radius 3 is 2.89 bits per heavy atom. The summed E-state index contributed by atoms with van der Waals surface area (Å²) in [5, 5.41) is 3.35. The van der Waals surface area contributed by atoms with Crippen LogP contribution in [0.3, 0.4) is 0 Å². The number of rotatable bonds is 6. The van der Waals surface area contributed by atoms with Gasteiger partial charge in [-0.2, -0.15) is 0 Å². The number of imidazole rings is 1. The van der Waals surface area contributed by atoms with Crippen LogP contribution in [0.1, 0.15) is 31.0 Å². The minimum atomic E-state index is 0.760. The number of unbranched alkanes of at least 4 members (excludes halogenated alkanes) is 1. The summed E-state index contributed by atoms with van der Waals surface area (Å²) in [6.45, 7) is 5.97. The lowest BCUT2D eigenvalue weighted by Crippen LogP contribution is -2.07. The van der Waals surface area contributed by atoms with Gasteiger partial charge < -0.3 is 9.88 Å². The fraction of sp³-hybridized carbons (Fsp3) is 0.429. The molecule has 0 amide bonds. The summed E-state index contributed by atoms with van der Waals surface area (Å²) in [6.07, 6.45) is 8.13. The number of hydrogen-bond donors (Lipinski definition) is 1. The molecule has 4 heteroatoms. The van der Waals surface area contributed by atoms with Gasteiger partial charge in [0, 0.05) is 37.4 Å². The quantitative estimate of drug-likeness (QED) is 0.849. The maximum atomic E-state index is 4.33. The van der Waals surface area contributed by atoms with E-state index in [0.717, 1.165) is 24.7 Å². The molecule has 0 radical (unpaired) electrons. The molecule has 0 aromatic carbocycles. The van der Waals surface area contributed by atoms with Crippen molar-refractivity contribution in [2.24, 2.45) is 0 Å². The number of nitrogens with one attached hydrogen (secondary N) is 1. The topological polar surface area (TPSA) is 42.7 Å². The summed E-state index contributed by atoms with van der Waals surface area (Å²) in [4.78, 5) is 8.62.